The van der Waals surface area contributed by atoms with Crippen LogP contribution < -0.4 is 5.32 Å². The highest BCUT2D eigenvalue weighted by Gasteiger charge is 2.17. The number of aliphatic imine (C=N–C) groups is 1. The lowest BCUT2D eigenvalue weighted by Crippen LogP contribution is -2.25. The van der Waals surface area contributed by atoms with Crippen molar-refractivity contribution in [3.8, 4) is 5.88 Å². The number of thiazole rings is 1. The summed E-state index contributed by atoms with van der Waals surface area (Å²) >= 11 is 1.35. The van der Waals surface area contributed by atoms with Gasteiger partial charge in [-0.15, -0.1) is 0 Å². The quantitative estimate of drug-likeness (QED) is 0.748. The normalized spacial score (nSPS) is 15.9. The Hall–Kier alpha value is -2.25. The van der Waals surface area contributed by atoms with Crippen LogP contribution in [0.5, 0.6) is 5.88 Å². The fourth-order valence-electron chi connectivity index (χ4n) is 2.58. The molecule has 0 spiro atoms. The van der Waals surface area contributed by atoms with Crippen molar-refractivity contribution in [3.05, 3.63) is 28.8 Å². The lowest BCUT2D eigenvalue weighted by molar-refractivity contribution is 0.259. The minimum Gasteiger partial charge on any atom is -0.492 e. The van der Waals surface area contributed by atoms with E-state index in [1.165, 1.54) is 11.3 Å². The highest BCUT2D eigenvalue weighted by atomic mass is 32.1. The Morgan fingerprint density at radius 3 is 2.96 bits per heavy atom. The molecule has 0 bridgehead atoms. The molecule has 3 heterocycles. The zero-order chi connectivity index (χ0) is 17.1. The van der Waals surface area contributed by atoms with Crippen molar-refractivity contribution >= 4 is 40.1 Å². The van der Waals surface area contributed by atoms with Crippen LogP contribution in [0.2, 0.25) is 0 Å². The maximum Gasteiger partial charge on any atom is 0.231 e. The first-order valence-electron chi connectivity index (χ1n) is 7.85. The molecule has 3 rings (SSSR count). The summed E-state index contributed by atoms with van der Waals surface area (Å²) in [5.41, 5.74) is 1.83. The van der Waals surface area contributed by atoms with E-state index < -0.39 is 0 Å². The number of hydrogen-bond donors (Lipinski definition) is 3. The van der Waals surface area contributed by atoms with Crippen LogP contribution in [0.3, 0.4) is 0 Å². The molecule has 0 radical (unpaired) electrons. The zero-order valence-electron chi connectivity index (χ0n) is 13.6. The third-order valence-corrected chi connectivity index (χ3v) is 4.57. The standard InChI is InChI=1S/C17H20N4O2S/c1-10(2)6-12(9-22)20-17-21-16(23)14(24-17)7-11-8-19-15-13(11)4-3-5-18-15/h3-5,7-8,10,12,22-23H,6,9H2,1-2H3,(H,20,21)/t12-/m1/s1. The number of hydrogen-bond acceptors (Lipinski definition) is 7. The minimum absolute atomic E-state index is 0.0259. The lowest BCUT2D eigenvalue weighted by Gasteiger charge is -2.17. The topological polar surface area (TPSA) is 90.6 Å². The van der Waals surface area contributed by atoms with Gasteiger partial charge < -0.3 is 15.5 Å². The zero-order valence-corrected chi connectivity index (χ0v) is 14.4. The van der Waals surface area contributed by atoms with Crippen molar-refractivity contribution in [2.45, 2.75) is 26.3 Å². The van der Waals surface area contributed by atoms with Gasteiger partial charge in [-0.1, -0.05) is 25.2 Å². The molecule has 0 unspecified atom stereocenters. The van der Waals surface area contributed by atoms with E-state index in [0.717, 1.165) is 17.6 Å². The fourth-order valence-corrected chi connectivity index (χ4v) is 3.47. The molecule has 3 N–H and O–H groups in total. The molecular weight excluding hydrogens is 324 g/mol. The monoisotopic (exact) mass is 344 g/mol. The van der Waals surface area contributed by atoms with Crippen molar-refractivity contribution in [2.75, 3.05) is 11.9 Å². The number of anilines is 1. The predicted molar refractivity (Wildman–Crippen MR) is 98.0 cm³/mol. The Morgan fingerprint density at radius 2 is 2.21 bits per heavy atom. The lowest BCUT2D eigenvalue weighted by atomic mass is 10.0. The second kappa shape index (κ2) is 7.11. The molecule has 2 aromatic heterocycles. The molecule has 6 nitrogen and oxygen atoms in total. The second-order valence-corrected chi connectivity index (χ2v) is 7.12. The van der Waals surface area contributed by atoms with Crippen LogP contribution in [0.25, 0.3) is 11.6 Å². The summed E-state index contributed by atoms with van der Waals surface area (Å²) in [6.07, 6.45) is 6.12. The molecule has 126 valence electrons. The van der Waals surface area contributed by atoms with Crippen molar-refractivity contribution < 1.29 is 10.2 Å². The van der Waals surface area contributed by atoms with Gasteiger partial charge in [0, 0.05) is 23.5 Å². The Balaban J connectivity index is 1.80. The van der Waals surface area contributed by atoms with Gasteiger partial charge in [0.05, 0.1) is 17.5 Å². The van der Waals surface area contributed by atoms with E-state index in [4.69, 9.17) is 0 Å². The Bertz CT molecular complexity index is 783. The number of aliphatic hydroxyl groups excluding tert-OH is 1. The van der Waals surface area contributed by atoms with Gasteiger partial charge in [0.2, 0.25) is 5.88 Å². The third-order valence-electron chi connectivity index (χ3n) is 3.65. The number of aromatic hydroxyl groups is 1. The van der Waals surface area contributed by atoms with Crippen molar-refractivity contribution in [2.24, 2.45) is 10.9 Å². The number of aliphatic hydroxyl groups is 1. The first-order valence-corrected chi connectivity index (χ1v) is 8.66. The fraction of sp³-hybridized carbons (Fsp3) is 0.353. The van der Waals surface area contributed by atoms with Crippen LogP contribution in [-0.2, 0) is 0 Å². The molecule has 2 aromatic rings. The van der Waals surface area contributed by atoms with Gasteiger partial charge in [-0.25, -0.2) is 9.98 Å². The van der Waals surface area contributed by atoms with Gasteiger partial charge in [-0.3, -0.25) is 0 Å². The van der Waals surface area contributed by atoms with Gasteiger partial charge in [-0.2, -0.15) is 4.98 Å². The number of nitrogens with one attached hydrogen (secondary N) is 1. The van der Waals surface area contributed by atoms with E-state index in [9.17, 15) is 10.2 Å². The average Bonchev–Trinajstić information content (AvgIpc) is 3.11. The van der Waals surface area contributed by atoms with Crippen LogP contribution in [0, 0.1) is 5.92 Å². The maximum absolute atomic E-state index is 10.1. The largest absolute Gasteiger partial charge is 0.492 e. The van der Waals surface area contributed by atoms with Crippen LogP contribution in [-0.4, -0.2) is 39.0 Å². The minimum atomic E-state index is -0.0750. The summed E-state index contributed by atoms with van der Waals surface area (Å²) in [4.78, 5) is 13.3. The Kier molecular flexibility index (Phi) is 4.92. The van der Waals surface area contributed by atoms with Crippen LogP contribution in [0.4, 0.5) is 10.9 Å². The first kappa shape index (κ1) is 16.6. The molecule has 24 heavy (non-hydrogen) atoms. The summed E-state index contributed by atoms with van der Waals surface area (Å²) in [7, 11) is 0. The second-order valence-electron chi connectivity index (χ2n) is 6.09. The van der Waals surface area contributed by atoms with Gasteiger partial charge >= 0.3 is 0 Å². The Labute approximate surface area is 144 Å². The molecule has 1 aliphatic heterocycles. The predicted octanol–water partition coefficient (Wildman–Crippen LogP) is 3.32. The number of pyridine rings is 1. The van der Waals surface area contributed by atoms with E-state index in [0.29, 0.717) is 21.7 Å². The Morgan fingerprint density at radius 1 is 1.38 bits per heavy atom. The molecule has 0 saturated heterocycles. The van der Waals surface area contributed by atoms with Gasteiger partial charge in [-0.05, 0) is 30.5 Å². The van der Waals surface area contributed by atoms with Crippen LogP contribution in [0.15, 0.2) is 23.3 Å². The van der Waals surface area contributed by atoms with Crippen LogP contribution in [0.1, 0.15) is 30.7 Å². The summed E-state index contributed by atoms with van der Waals surface area (Å²) in [6.45, 7) is 4.23. The first-order chi connectivity index (χ1) is 11.6. The summed E-state index contributed by atoms with van der Waals surface area (Å²) in [5, 5.41) is 23.4. The molecule has 7 heteroatoms. The van der Waals surface area contributed by atoms with Crippen molar-refractivity contribution in [3.63, 3.8) is 0 Å². The third kappa shape index (κ3) is 3.63. The smallest absolute Gasteiger partial charge is 0.231 e. The molecule has 1 atom stereocenters. The SMILES string of the molecule is CC(C)C[C@H](CO)Nc1nc(O)c(C=C2C=Nc3ncccc32)s1. The molecule has 0 amide bonds. The average molecular weight is 344 g/mol. The summed E-state index contributed by atoms with van der Waals surface area (Å²) in [5.74, 6) is 1.12. The highest BCUT2D eigenvalue weighted by Crippen LogP contribution is 2.35. The molecule has 0 fully saturated rings. The molecule has 1 aliphatic rings. The molecule has 0 saturated carbocycles. The summed E-state index contributed by atoms with van der Waals surface area (Å²) in [6, 6.07) is 3.73. The van der Waals surface area contributed by atoms with E-state index in [2.05, 4.69) is 34.1 Å². The highest BCUT2D eigenvalue weighted by molar-refractivity contribution is 7.16. The number of nitrogens with zero attached hydrogens (tertiary/aromatic N) is 3. The van der Waals surface area contributed by atoms with Crippen molar-refractivity contribution in [1.82, 2.24) is 9.97 Å². The maximum atomic E-state index is 10.1. The number of aromatic nitrogens is 2. The van der Waals surface area contributed by atoms with E-state index >= 15 is 0 Å². The number of allylic oxidation sites excluding steroid dienone is 1. The van der Waals surface area contributed by atoms with Crippen molar-refractivity contribution in [1.29, 1.82) is 0 Å². The van der Waals surface area contributed by atoms with Gasteiger partial charge in [0.15, 0.2) is 10.9 Å². The number of fused-ring (bicyclic) bond motifs is 1. The summed E-state index contributed by atoms with van der Waals surface area (Å²) < 4.78 is 0. The van der Waals surface area contributed by atoms with Gasteiger partial charge in [0.25, 0.3) is 0 Å². The van der Waals surface area contributed by atoms with E-state index in [1.54, 1.807) is 12.4 Å². The van der Waals surface area contributed by atoms with E-state index in [-0.39, 0.29) is 18.5 Å². The molecule has 0 aromatic carbocycles. The molecular formula is C17H20N4O2S. The molecule has 0 aliphatic carbocycles. The van der Waals surface area contributed by atoms with Crippen LogP contribution >= 0.6 is 11.3 Å². The van der Waals surface area contributed by atoms with E-state index in [1.807, 2.05) is 18.2 Å². The van der Waals surface area contributed by atoms with Gasteiger partial charge in [0.1, 0.15) is 0 Å². The number of rotatable bonds is 6.